The van der Waals surface area contributed by atoms with Gasteiger partial charge in [0.25, 0.3) is 11.6 Å². The summed E-state index contributed by atoms with van der Waals surface area (Å²) in [6.45, 7) is 0.113. The third-order valence-electron chi connectivity index (χ3n) is 3.12. The fourth-order valence-corrected chi connectivity index (χ4v) is 2.25. The molecule has 1 heterocycles. The minimum atomic E-state index is -1.06. The van der Waals surface area contributed by atoms with Gasteiger partial charge in [-0.05, 0) is 6.07 Å². The molecule has 0 aromatic heterocycles. The molecule has 2 atom stereocenters. The summed E-state index contributed by atoms with van der Waals surface area (Å²) in [6, 6.07) is 2.78. The Bertz CT molecular complexity index is 605. The highest BCUT2D eigenvalue weighted by Crippen LogP contribution is 2.23. The second-order valence-corrected chi connectivity index (χ2v) is 4.89. The van der Waals surface area contributed by atoms with Crippen LogP contribution < -0.4 is 5.32 Å². The van der Waals surface area contributed by atoms with E-state index in [1.165, 1.54) is 6.07 Å². The predicted octanol–water partition coefficient (Wildman–Crippen LogP) is 1.08. The molecule has 0 spiro atoms. The van der Waals surface area contributed by atoms with Gasteiger partial charge in [0.15, 0.2) is 0 Å². The van der Waals surface area contributed by atoms with E-state index < -0.39 is 28.8 Å². The molecule has 2 unspecified atom stereocenters. The Morgan fingerprint density at radius 2 is 2.14 bits per heavy atom. The number of non-ortho nitro benzene ring substituents is 1. The molecule has 9 heteroatoms. The number of carbonyl (C=O) groups is 2. The molecule has 1 aromatic carbocycles. The zero-order valence-corrected chi connectivity index (χ0v) is 11.4. The first-order valence-corrected chi connectivity index (χ1v) is 6.33. The van der Waals surface area contributed by atoms with Crippen molar-refractivity contribution in [2.45, 2.75) is 6.04 Å². The molecule has 2 rings (SSSR count). The van der Waals surface area contributed by atoms with Gasteiger partial charge < -0.3 is 15.2 Å². The summed E-state index contributed by atoms with van der Waals surface area (Å²) in [7, 11) is 0. The van der Waals surface area contributed by atoms with Crippen LogP contribution in [0, 0.1) is 16.0 Å². The molecule has 1 aromatic rings. The minimum Gasteiger partial charge on any atom is -0.481 e. The van der Waals surface area contributed by atoms with E-state index in [0.717, 1.165) is 12.1 Å². The molecule has 0 saturated carbocycles. The molecular formula is C12H11ClN2O6. The van der Waals surface area contributed by atoms with Gasteiger partial charge in [0.1, 0.15) is 5.92 Å². The molecule has 1 aliphatic rings. The van der Waals surface area contributed by atoms with Crippen molar-refractivity contribution < 1.29 is 24.4 Å². The number of hydrogen-bond acceptors (Lipinski definition) is 5. The number of carboxylic acid groups (broad SMARTS) is 1. The molecule has 21 heavy (non-hydrogen) atoms. The number of halogens is 1. The summed E-state index contributed by atoms with van der Waals surface area (Å²) in [5.41, 5.74) is -0.192. The number of ether oxygens (including phenoxy) is 1. The molecule has 1 amide bonds. The number of hydrogen-bond donors (Lipinski definition) is 2. The van der Waals surface area contributed by atoms with Crippen molar-refractivity contribution >= 4 is 29.2 Å². The van der Waals surface area contributed by atoms with Gasteiger partial charge >= 0.3 is 5.97 Å². The largest absolute Gasteiger partial charge is 0.481 e. The van der Waals surface area contributed by atoms with E-state index in [1.807, 2.05) is 0 Å². The summed E-state index contributed by atoms with van der Waals surface area (Å²) < 4.78 is 5.03. The van der Waals surface area contributed by atoms with E-state index in [0.29, 0.717) is 0 Å². The molecule has 2 N–H and O–H groups in total. The van der Waals surface area contributed by atoms with E-state index >= 15 is 0 Å². The summed E-state index contributed by atoms with van der Waals surface area (Å²) in [5, 5.41) is 22.0. The standard InChI is InChI=1S/C12H11ClN2O6/c13-9-3-6(15(19)20)1-2-7(9)11(16)14-10-5-21-4-8(10)12(17)18/h1-3,8,10H,4-5H2,(H,14,16)(H,17,18). The lowest BCUT2D eigenvalue weighted by atomic mass is 10.0. The second kappa shape index (κ2) is 6.06. The first-order valence-electron chi connectivity index (χ1n) is 5.95. The van der Waals surface area contributed by atoms with E-state index in [4.69, 9.17) is 21.4 Å². The first-order chi connectivity index (χ1) is 9.90. The Kier molecular flexibility index (Phi) is 4.39. The Labute approximate surface area is 123 Å². The number of carbonyl (C=O) groups excluding carboxylic acids is 1. The van der Waals surface area contributed by atoms with Gasteiger partial charge in [0.05, 0.1) is 34.8 Å². The molecule has 1 fully saturated rings. The summed E-state index contributed by atoms with van der Waals surface area (Å²) in [4.78, 5) is 33.0. The molecule has 0 aliphatic carbocycles. The normalized spacial score (nSPS) is 21.0. The summed E-state index contributed by atoms with van der Waals surface area (Å²) in [5.74, 6) is -2.49. The van der Waals surface area contributed by atoms with Crippen LogP contribution >= 0.6 is 11.6 Å². The Balaban J connectivity index is 2.13. The highest BCUT2D eigenvalue weighted by Gasteiger charge is 2.35. The third kappa shape index (κ3) is 3.29. The molecular weight excluding hydrogens is 304 g/mol. The number of amides is 1. The van der Waals surface area contributed by atoms with E-state index in [9.17, 15) is 19.7 Å². The van der Waals surface area contributed by atoms with E-state index in [1.54, 1.807) is 0 Å². The SMILES string of the molecule is O=C(NC1COCC1C(=O)O)c1ccc([N+](=O)[O-])cc1Cl. The van der Waals surface area contributed by atoms with Crippen LogP contribution in [0.4, 0.5) is 5.69 Å². The van der Waals surface area contributed by atoms with Crippen molar-refractivity contribution in [1.29, 1.82) is 0 Å². The highest BCUT2D eigenvalue weighted by molar-refractivity contribution is 6.34. The molecule has 0 bridgehead atoms. The van der Waals surface area contributed by atoms with Crippen molar-refractivity contribution in [3.05, 3.63) is 38.9 Å². The molecule has 112 valence electrons. The van der Waals surface area contributed by atoms with Gasteiger partial charge in [-0.3, -0.25) is 19.7 Å². The van der Waals surface area contributed by atoms with Gasteiger partial charge in [0.2, 0.25) is 0 Å². The number of rotatable bonds is 4. The van der Waals surface area contributed by atoms with Gasteiger partial charge in [-0.1, -0.05) is 11.6 Å². The maximum absolute atomic E-state index is 12.1. The van der Waals surface area contributed by atoms with E-state index in [2.05, 4.69) is 5.32 Å². The number of nitro benzene ring substituents is 1. The summed E-state index contributed by atoms with van der Waals surface area (Å²) in [6.07, 6.45) is 0. The van der Waals surface area contributed by atoms with Gasteiger partial charge in [-0.2, -0.15) is 0 Å². The average molecular weight is 315 g/mol. The van der Waals surface area contributed by atoms with Gasteiger partial charge in [-0.25, -0.2) is 0 Å². The first kappa shape index (κ1) is 15.2. The second-order valence-electron chi connectivity index (χ2n) is 4.48. The van der Waals surface area contributed by atoms with Crippen LogP contribution in [0.15, 0.2) is 18.2 Å². The van der Waals surface area contributed by atoms with E-state index in [-0.39, 0.29) is 29.5 Å². The fourth-order valence-electron chi connectivity index (χ4n) is 1.99. The molecule has 0 radical (unpaired) electrons. The number of nitro groups is 1. The number of carboxylic acids is 1. The van der Waals surface area contributed by atoms with Crippen LogP contribution in [0.2, 0.25) is 5.02 Å². The highest BCUT2D eigenvalue weighted by atomic mass is 35.5. The van der Waals surface area contributed by atoms with Crippen LogP contribution in [-0.2, 0) is 9.53 Å². The third-order valence-corrected chi connectivity index (χ3v) is 3.44. The smallest absolute Gasteiger partial charge is 0.311 e. The quantitative estimate of drug-likeness (QED) is 0.634. The van der Waals surface area contributed by atoms with Crippen LogP contribution in [-0.4, -0.2) is 41.2 Å². The zero-order valence-electron chi connectivity index (χ0n) is 10.6. The van der Waals surface area contributed by atoms with Crippen LogP contribution in [0.25, 0.3) is 0 Å². The van der Waals surface area contributed by atoms with Crippen LogP contribution in [0.3, 0.4) is 0 Å². The number of nitrogens with zero attached hydrogens (tertiary/aromatic N) is 1. The monoisotopic (exact) mass is 314 g/mol. The number of benzene rings is 1. The predicted molar refractivity (Wildman–Crippen MR) is 71.3 cm³/mol. The lowest BCUT2D eigenvalue weighted by Gasteiger charge is -2.16. The average Bonchev–Trinajstić information content (AvgIpc) is 2.86. The van der Waals surface area contributed by atoms with Crippen LogP contribution in [0.1, 0.15) is 10.4 Å². The van der Waals surface area contributed by atoms with Crippen LogP contribution in [0.5, 0.6) is 0 Å². The molecule has 1 saturated heterocycles. The Morgan fingerprint density at radius 3 is 2.71 bits per heavy atom. The Hall–Kier alpha value is -2.19. The lowest BCUT2D eigenvalue weighted by molar-refractivity contribution is -0.384. The topological polar surface area (TPSA) is 119 Å². The maximum Gasteiger partial charge on any atom is 0.311 e. The number of aliphatic carboxylic acids is 1. The molecule has 1 aliphatic heterocycles. The Morgan fingerprint density at radius 1 is 1.43 bits per heavy atom. The van der Waals surface area contributed by atoms with Crippen molar-refractivity contribution in [3.63, 3.8) is 0 Å². The maximum atomic E-state index is 12.1. The van der Waals surface area contributed by atoms with Gasteiger partial charge in [-0.15, -0.1) is 0 Å². The lowest BCUT2D eigenvalue weighted by Crippen LogP contribution is -2.42. The number of nitrogens with one attached hydrogen (secondary N) is 1. The zero-order chi connectivity index (χ0) is 15.6. The van der Waals surface area contributed by atoms with Crippen molar-refractivity contribution in [3.8, 4) is 0 Å². The minimum absolute atomic E-state index is 0.0221. The van der Waals surface area contributed by atoms with Crippen molar-refractivity contribution in [1.82, 2.24) is 5.32 Å². The fraction of sp³-hybridized carbons (Fsp3) is 0.333. The van der Waals surface area contributed by atoms with Crippen molar-refractivity contribution in [2.75, 3.05) is 13.2 Å². The summed E-state index contributed by atoms with van der Waals surface area (Å²) >= 11 is 5.84. The molecule has 8 nitrogen and oxygen atoms in total. The van der Waals surface area contributed by atoms with Crippen molar-refractivity contribution in [2.24, 2.45) is 5.92 Å². The van der Waals surface area contributed by atoms with Gasteiger partial charge in [0, 0.05) is 12.1 Å².